The molecule has 1 saturated carbocycles. The van der Waals surface area contributed by atoms with E-state index in [1.54, 1.807) is 6.07 Å². The van der Waals surface area contributed by atoms with E-state index < -0.39 is 5.97 Å². The Morgan fingerprint density at radius 2 is 2.00 bits per heavy atom. The number of carbonyl (C=O) groups is 2. The van der Waals surface area contributed by atoms with Gasteiger partial charge in [0, 0.05) is 41.0 Å². The Morgan fingerprint density at radius 3 is 2.74 bits per heavy atom. The van der Waals surface area contributed by atoms with E-state index >= 15 is 0 Å². The van der Waals surface area contributed by atoms with Crippen LogP contribution in [0.3, 0.4) is 0 Å². The molecule has 27 heavy (non-hydrogen) atoms. The highest BCUT2D eigenvalue weighted by Gasteiger charge is 2.31. The number of halogens is 1. The van der Waals surface area contributed by atoms with Crippen molar-refractivity contribution >= 4 is 34.4 Å². The first-order chi connectivity index (χ1) is 13.0. The molecule has 2 heterocycles. The van der Waals surface area contributed by atoms with Gasteiger partial charge in [-0.25, -0.2) is 0 Å². The van der Waals surface area contributed by atoms with E-state index in [1.165, 1.54) is 0 Å². The highest BCUT2D eigenvalue weighted by molar-refractivity contribution is 6.31. The Balaban J connectivity index is 1.71. The summed E-state index contributed by atoms with van der Waals surface area (Å²) in [5.74, 6) is -0.396. The number of rotatable bonds is 5. The van der Waals surface area contributed by atoms with Gasteiger partial charge in [-0.3, -0.25) is 14.6 Å². The van der Waals surface area contributed by atoms with Crippen molar-refractivity contribution in [2.24, 2.45) is 0 Å². The molecule has 1 aromatic heterocycles. The van der Waals surface area contributed by atoms with Crippen molar-refractivity contribution < 1.29 is 14.7 Å². The van der Waals surface area contributed by atoms with Gasteiger partial charge < -0.3 is 10.0 Å². The minimum Gasteiger partial charge on any atom is -0.481 e. The zero-order chi connectivity index (χ0) is 19.0. The summed E-state index contributed by atoms with van der Waals surface area (Å²) >= 11 is 6.19. The molecule has 0 bridgehead atoms. The van der Waals surface area contributed by atoms with Gasteiger partial charge in [0.15, 0.2) is 0 Å². The molecule has 2 aromatic rings. The van der Waals surface area contributed by atoms with E-state index in [4.69, 9.17) is 21.7 Å². The Hall–Kier alpha value is -2.14. The smallest absolute Gasteiger partial charge is 0.303 e. The van der Waals surface area contributed by atoms with Crippen LogP contribution in [0.2, 0.25) is 5.02 Å². The number of piperidine rings is 1. The number of likely N-dealkylation sites (tertiary alicyclic amines) is 1. The summed E-state index contributed by atoms with van der Waals surface area (Å²) in [5, 5.41) is 10.4. The van der Waals surface area contributed by atoms with Crippen LogP contribution in [-0.4, -0.2) is 39.5 Å². The van der Waals surface area contributed by atoms with E-state index in [0.717, 1.165) is 48.7 Å². The predicted molar refractivity (Wildman–Crippen MR) is 104 cm³/mol. The summed E-state index contributed by atoms with van der Waals surface area (Å²) in [5.41, 5.74) is 2.42. The second-order valence-electron chi connectivity index (χ2n) is 7.61. The third kappa shape index (κ3) is 3.93. The van der Waals surface area contributed by atoms with Crippen LogP contribution in [0.5, 0.6) is 0 Å². The van der Waals surface area contributed by atoms with Crippen LogP contribution in [-0.2, 0) is 4.79 Å². The molecular weight excluding hydrogens is 364 g/mol. The van der Waals surface area contributed by atoms with Crippen molar-refractivity contribution in [3.05, 3.63) is 40.5 Å². The van der Waals surface area contributed by atoms with Gasteiger partial charge in [0.25, 0.3) is 5.91 Å². The fraction of sp³-hybridized carbons (Fsp3) is 0.476. The zero-order valence-electron chi connectivity index (χ0n) is 15.2. The van der Waals surface area contributed by atoms with Crippen LogP contribution in [0, 0.1) is 0 Å². The van der Waals surface area contributed by atoms with E-state index in [-0.39, 0.29) is 18.4 Å². The van der Waals surface area contributed by atoms with Gasteiger partial charge in [-0.2, -0.15) is 0 Å². The number of hydrogen-bond acceptors (Lipinski definition) is 3. The number of carboxylic acid groups (broad SMARTS) is 1. The molecule has 1 amide bonds. The van der Waals surface area contributed by atoms with Gasteiger partial charge in [-0.1, -0.05) is 11.6 Å². The number of pyridine rings is 1. The molecule has 0 radical (unpaired) electrons. The molecule has 6 heteroatoms. The lowest BCUT2D eigenvalue weighted by atomic mass is 9.96. The molecule has 1 saturated heterocycles. The van der Waals surface area contributed by atoms with Crippen LogP contribution in [0.25, 0.3) is 10.9 Å². The topological polar surface area (TPSA) is 70.5 Å². The molecule has 1 unspecified atom stereocenters. The van der Waals surface area contributed by atoms with Gasteiger partial charge in [0.2, 0.25) is 0 Å². The number of aliphatic carboxylic acids is 1. The number of hydrogen-bond donors (Lipinski definition) is 1. The van der Waals surface area contributed by atoms with Crippen molar-refractivity contribution in [2.75, 3.05) is 6.54 Å². The number of benzene rings is 1. The highest BCUT2D eigenvalue weighted by atomic mass is 35.5. The van der Waals surface area contributed by atoms with Crippen molar-refractivity contribution in [3.8, 4) is 0 Å². The number of nitrogens with zero attached hydrogens (tertiary/aromatic N) is 2. The summed E-state index contributed by atoms with van der Waals surface area (Å²) < 4.78 is 0. The number of carbonyl (C=O) groups excluding carboxylic acids is 1. The van der Waals surface area contributed by atoms with E-state index in [1.807, 2.05) is 23.1 Å². The van der Waals surface area contributed by atoms with Crippen LogP contribution >= 0.6 is 11.6 Å². The first-order valence-corrected chi connectivity index (χ1v) is 10.0. The maximum Gasteiger partial charge on any atom is 0.303 e. The molecule has 4 rings (SSSR count). The van der Waals surface area contributed by atoms with Crippen LogP contribution in [0.1, 0.15) is 66.9 Å². The second kappa shape index (κ2) is 7.47. The number of fused-ring (bicyclic) bond motifs is 1. The fourth-order valence-electron chi connectivity index (χ4n) is 4.00. The SMILES string of the molecule is O=C(O)CCC1CCCCN1C(=O)c1cc(C2CC2)nc2ccc(Cl)cc12. The Morgan fingerprint density at radius 1 is 1.19 bits per heavy atom. The Bertz CT molecular complexity index is 894. The van der Waals surface area contributed by atoms with Gasteiger partial charge in [-0.15, -0.1) is 0 Å². The minimum absolute atomic E-state index is 0.0193. The van der Waals surface area contributed by atoms with Crippen molar-refractivity contribution in [2.45, 2.75) is 56.9 Å². The molecule has 1 aromatic carbocycles. The van der Waals surface area contributed by atoms with Crippen LogP contribution < -0.4 is 0 Å². The van der Waals surface area contributed by atoms with Gasteiger partial charge in [0.1, 0.15) is 0 Å². The van der Waals surface area contributed by atoms with Crippen LogP contribution in [0.15, 0.2) is 24.3 Å². The first kappa shape index (κ1) is 18.2. The largest absolute Gasteiger partial charge is 0.481 e. The van der Waals surface area contributed by atoms with Crippen LogP contribution in [0.4, 0.5) is 0 Å². The number of carboxylic acids is 1. The third-order valence-electron chi connectivity index (χ3n) is 5.60. The van der Waals surface area contributed by atoms with E-state index in [9.17, 15) is 9.59 Å². The first-order valence-electron chi connectivity index (χ1n) is 9.66. The third-order valence-corrected chi connectivity index (χ3v) is 5.83. The Kier molecular flexibility index (Phi) is 5.04. The molecular formula is C21H23ClN2O3. The lowest BCUT2D eigenvalue weighted by molar-refractivity contribution is -0.137. The maximum absolute atomic E-state index is 13.5. The number of aromatic nitrogens is 1. The van der Waals surface area contributed by atoms with Gasteiger partial charge in [-0.05, 0) is 62.8 Å². The molecule has 2 fully saturated rings. The van der Waals surface area contributed by atoms with Crippen molar-refractivity contribution in [1.82, 2.24) is 9.88 Å². The van der Waals surface area contributed by atoms with Gasteiger partial charge >= 0.3 is 5.97 Å². The zero-order valence-corrected chi connectivity index (χ0v) is 15.9. The summed E-state index contributed by atoms with van der Waals surface area (Å²) in [6, 6.07) is 7.40. The molecule has 1 aliphatic carbocycles. The molecule has 142 valence electrons. The molecule has 2 aliphatic rings. The molecule has 0 spiro atoms. The lowest BCUT2D eigenvalue weighted by Crippen LogP contribution is -2.44. The van der Waals surface area contributed by atoms with E-state index in [2.05, 4.69) is 0 Å². The summed E-state index contributed by atoms with van der Waals surface area (Å²) in [4.78, 5) is 31.1. The molecule has 1 atom stereocenters. The second-order valence-corrected chi connectivity index (χ2v) is 8.05. The van der Waals surface area contributed by atoms with E-state index in [0.29, 0.717) is 29.5 Å². The van der Waals surface area contributed by atoms with Crippen molar-refractivity contribution in [3.63, 3.8) is 0 Å². The monoisotopic (exact) mass is 386 g/mol. The average molecular weight is 387 g/mol. The average Bonchev–Trinajstić information content (AvgIpc) is 3.50. The fourth-order valence-corrected chi connectivity index (χ4v) is 4.17. The molecule has 1 aliphatic heterocycles. The summed E-state index contributed by atoms with van der Waals surface area (Å²) in [7, 11) is 0. The maximum atomic E-state index is 13.5. The van der Waals surface area contributed by atoms with Gasteiger partial charge in [0.05, 0.1) is 11.1 Å². The predicted octanol–water partition coefficient (Wildman–Crippen LogP) is 4.63. The summed E-state index contributed by atoms with van der Waals surface area (Å²) in [6.07, 6.45) is 5.66. The quantitative estimate of drug-likeness (QED) is 0.813. The summed E-state index contributed by atoms with van der Waals surface area (Å²) in [6.45, 7) is 0.673. The van der Waals surface area contributed by atoms with Crippen molar-refractivity contribution in [1.29, 1.82) is 0 Å². The highest BCUT2D eigenvalue weighted by Crippen LogP contribution is 2.40. The lowest BCUT2D eigenvalue weighted by Gasteiger charge is -2.36. The molecule has 5 nitrogen and oxygen atoms in total. The normalized spacial score (nSPS) is 20.0. The number of amides is 1. The Labute approximate surface area is 163 Å². The standard InChI is InChI=1S/C21H23ClN2O3/c22-14-6-8-18-16(11-14)17(12-19(23-18)13-4-5-13)21(27)24-10-2-1-3-15(24)7-9-20(25)26/h6,8,11-13,15H,1-5,7,9-10H2,(H,25,26). The molecule has 1 N–H and O–H groups in total. The minimum atomic E-state index is -0.815.